The summed E-state index contributed by atoms with van der Waals surface area (Å²) in [5.74, 6) is -2.32. The van der Waals surface area contributed by atoms with Crippen molar-refractivity contribution in [3.8, 4) is 11.3 Å². The van der Waals surface area contributed by atoms with Gasteiger partial charge in [-0.25, -0.2) is 27.9 Å². The minimum atomic E-state index is -0.854. The van der Waals surface area contributed by atoms with Crippen LogP contribution in [-0.2, 0) is 0 Å². The lowest BCUT2D eigenvalue weighted by molar-refractivity contribution is 0.208. The van der Waals surface area contributed by atoms with Crippen LogP contribution in [0.1, 0.15) is 25.7 Å². The maximum Gasteiger partial charge on any atom is 0.317 e. The van der Waals surface area contributed by atoms with Crippen LogP contribution in [0.4, 0.5) is 23.8 Å². The van der Waals surface area contributed by atoms with E-state index in [2.05, 4.69) is 25.6 Å². The number of rotatable bonds is 4. The maximum atomic E-state index is 14.6. The molecule has 1 aliphatic rings. The normalized spacial score (nSPS) is 18.7. The fourth-order valence-corrected chi connectivity index (χ4v) is 3.88. The number of urea groups is 1. The first-order valence-corrected chi connectivity index (χ1v) is 10.0. The fourth-order valence-electron chi connectivity index (χ4n) is 3.88. The van der Waals surface area contributed by atoms with Gasteiger partial charge < -0.3 is 20.5 Å². The standard InChI is InChI=1S/C21H23F3N6O/c1-30(2)21(31)28-13-5-3-4-12(7-13)27-20-17(24)8-16(23)18(29-20)15-10-26-19-14(15)6-11(22)9-25-19/h6,8-10,12-13H,3-5,7H2,1-2H3,(H,25,26)(H,27,29)(H,28,31). The Labute approximate surface area is 177 Å². The molecule has 0 aliphatic heterocycles. The first-order chi connectivity index (χ1) is 14.8. The highest BCUT2D eigenvalue weighted by molar-refractivity contribution is 5.92. The number of H-pyrrole nitrogens is 1. The molecule has 10 heteroatoms. The van der Waals surface area contributed by atoms with E-state index in [1.165, 1.54) is 17.2 Å². The first kappa shape index (κ1) is 21.0. The Morgan fingerprint density at radius 1 is 1.16 bits per heavy atom. The van der Waals surface area contributed by atoms with Crippen molar-refractivity contribution in [2.75, 3.05) is 19.4 Å². The van der Waals surface area contributed by atoms with E-state index in [0.29, 0.717) is 23.0 Å². The minimum absolute atomic E-state index is 0.0493. The molecule has 1 fully saturated rings. The number of nitrogens with one attached hydrogen (secondary N) is 3. The zero-order valence-corrected chi connectivity index (χ0v) is 17.2. The van der Waals surface area contributed by atoms with E-state index < -0.39 is 17.5 Å². The smallest absolute Gasteiger partial charge is 0.317 e. The van der Waals surface area contributed by atoms with Crippen LogP contribution in [0.15, 0.2) is 24.5 Å². The average molecular weight is 432 g/mol. The highest BCUT2D eigenvalue weighted by Crippen LogP contribution is 2.31. The van der Waals surface area contributed by atoms with Crippen LogP contribution in [0.2, 0.25) is 0 Å². The van der Waals surface area contributed by atoms with Gasteiger partial charge in [0.2, 0.25) is 0 Å². The molecule has 31 heavy (non-hydrogen) atoms. The van der Waals surface area contributed by atoms with Gasteiger partial charge in [0.25, 0.3) is 0 Å². The Balaban J connectivity index is 1.58. The lowest BCUT2D eigenvalue weighted by Gasteiger charge is -2.31. The van der Waals surface area contributed by atoms with E-state index in [1.807, 2.05) is 0 Å². The molecule has 3 aromatic rings. The van der Waals surface area contributed by atoms with E-state index >= 15 is 0 Å². The molecule has 2 atom stereocenters. The number of carbonyl (C=O) groups excluding carboxylic acids is 1. The second-order valence-electron chi connectivity index (χ2n) is 7.95. The molecule has 0 spiro atoms. The summed E-state index contributed by atoms with van der Waals surface area (Å²) in [4.78, 5) is 24.3. The van der Waals surface area contributed by atoms with Crippen LogP contribution in [0.3, 0.4) is 0 Å². The number of halogens is 3. The molecular weight excluding hydrogens is 409 g/mol. The third-order valence-corrected chi connectivity index (χ3v) is 5.43. The van der Waals surface area contributed by atoms with Crippen molar-refractivity contribution < 1.29 is 18.0 Å². The molecule has 164 valence electrons. The molecule has 3 N–H and O–H groups in total. The van der Waals surface area contributed by atoms with Gasteiger partial charge in [-0.2, -0.15) is 0 Å². The van der Waals surface area contributed by atoms with Gasteiger partial charge in [-0.1, -0.05) is 0 Å². The molecule has 3 heterocycles. The summed E-state index contributed by atoms with van der Waals surface area (Å²) in [7, 11) is 3.33. The van der Waals surface area contributed by atoms with Gasteiger partial charge in [-0.05, 0) is 31.7 Å². The van der Waals surface area contributed by atoms with Gasteiger partial charge in [0.15, 0.2) is 17.5 Å². The zero-order chi connectivity index (χ0) is 22.1. The Hall–Kier alpha value is -3.30. The highest BCUT2D eigenvalue weighted by atomic mass is 19.1. The molecule has 0 saturated heterocycles. The summed E-state index contributed by atoms with van der Waals surface area (Å²) in [5, 5.41) is 6.35. The second-order valence-corrected chi connectivity index (χ2v) is 7.95. The largest absolute Gasteiger partial charge is 0.365 e. The third kappa shape index (κ3) is 4.42. The zero-order valence-electron chi connectivity index (χ0n) is 17.2. The summed E-state index contributed by atoms with van der Waals surface area (Å²) >= 11 is 0. The number of anilines is 1. The van der Waals surface area contributed by atoms with Crippen LogP contribution in [0, 0.1) is 17.5 Å². The lowest BCUT2D eigenvalue weighted by atomic mass is 9.91. The summed E-state index contributed by atoms with van der Waals surface area (Å²) in [5.41, 5.74) is 0.571. The van der Waals surface area contributed by atoms with Gasteiger partial charge in [0.05, 0.1) is 6.20 Å². The minimum Gasteiger partial charge on any atom is -0.365 e. The predicted molar refractivity (Wildman–Crippen MR) is 111 cm³/mol. The molecule has 0 aromatic carbocycles. The van der Waals surface area contributed by atoms with Crippen LogP contribution in [0.25, 0.3) is 22.3 Å². The third-order valence-electron chi connectivity index (χ3n) is 5.43. The SMILES string of the molecule is CN(C)C(=O)NC1CCCC(Nc2nc(-c3c[nH]c4ncc(F)cc34)c(F)cc2F)C1. The number of fused-ring (bicyclic) bond motifs is 1. The van der Waals surface area contributed by atoms with Crippen molar-refractivity contribution in [3.05, 3.63) is 42.0 Å². The summed E-state index contributed by atoms with van der Waals surface area (Å²) < 4.78 is 42.7. The number of amides is 2. The molecule has 0 radical (unpaired) electrons. The number of hydrogen-bond acceptors (Lipinski definition) is 4. The second kappa shape index (κ2) is 8.44. The number of carbonyl (C=O) groups is 1. The number of aromatic nitrogens is 3. The van der Waals surface area contributed by atoms with E-state index in [9.17, 15) is 18.0 Å². The van der Waals surface area contributed by atoms with Crippen LogP contribution in [-0.4, -0.2) is 52.1 Å². The number of nitrogens with zero attached hydrogens (tertiary/aromatic N) is 3. The lowest BCUT2D eigenvalue weighted by Crippen LogP contribution is -2.45. The summed E-state index contributed by atoms with van der Waals surface area (Å²) in [6.45, 7) is 0. The summed E-state index contributed by atoms with van der Waals surface area (Å²) in [6, 6.07) is 1.63. The van der Waals surface area contributed by atoms with Crippen LogP contribution >= 0.6 is 0 Å². The van der Waals surface area contributed by atoms with E-state index in [1.54, 1.807) is 14.1 Å². The molecule has 3 aromatic heterocycles. The molecule has 2 unspecified atom stereocenters. The number of aromatic amines is 1. The molecule has 7 nitrogen and oxygen atoms in total. The predicted octanol–water partition coefficient (Wildman–Crippen LogP) is 4.04. The Kier molecular flexibility index (Phi) is 5.71. The molecule has 1 aliphatic carbocycles. The van der Waals surface area contributed by atoms with Crippen molar-refractivity contribution >= 4 is 22.9 Å². The molecule has 0 bridgehead atoms. The van der Waals surface area contributed by atoms with Crippen LogP contribution in [0.5, 0.6) is 0 Å². The van der Waals surface area contributed by atoms with Gasteiger partial charge in [0.1, 0.15) is 17.2 Å². The Bertz CT molecular complexity index is 1120. The van der Waals surface area contributed by atoms with Gasteiger partial charge >= 0.3 is 6.03 Å². The van der Waals surface area contributed by atoms with E-state index in [0.717, 1.165) is 31.5 Å². The van der Waals surface area contributed by atoms with Crippen molar-refractivity contribution in [1.29, 1.82) is 0 Å². The average Bonchev–Trinajstić information content (AvgIpc) is 3.13. The van der Waals surface area contributed by atoms with Crippen molar-refractivity contribution in [1.82, 2.24) is 25.2 Å². The molecular formula is C21H23F3N6O. The molecule has 1 saturated carbocycles. The quantitative estimate of drug-likeness (QED) is 0.581. The number of hydrogen-bond donors (Lipinski definition) is 3. The Morgan fingerprint density at radius 3 is 2.71 bits per heavy atom. The molecule has 4 rings (SSSR count). The van der Waals surface area contributed by atoms with Crippen LogP contribution < -0.4 is 10.6 Å². The number of pyridine rings is 2. The molecule has 2 amide bonds. The van der Waals surface area contributed by atoms with Crippen molar-refractivity contribution in [3.63, 3.8) is 0 Å². The highest BCUT2D eigenvalue weighted by Gasteiger charge is 2.26. The van der Waals surface area contributed by atoms with Gasteiger partial charge in [-0.3, -0.25) is 0 Å². The van der Waals surface area contributed by atoms with Crippen molar-refractivity contribution in [2.45, 2.75) is 37.8 Å². The van der Waals surface area contributed by atoms with Crippen molar-refractivity contribution in [2.24, 2.45) is 0 Å². The first-order valence-electron chi connectivity index (χ1n) is 10.0. The maximum absolute atomic E-state index is 14.6. The monoisotopic (exact) mass is 432 g/mol. The van der Waals surface area contributed by atoms with E-state index in [-0.39, 0.29) is 29.6 Å². The summed E-state index contributed by atoms with van der Waals surface area (Å²) in [6.07, 6.45) is 5.56. The van der Waals surface area contributed by atoms with Gasteiger partial charge in [0, 0.05) is 49.4 Å². The topological polar surface area (TPSA) is 85.9 Å². The van der Waals surface area contributed by atoms with E-state index in [4.69, 9.17) is 0 Å². The van der Waals surface area contributed by atoms with Gasteiger partial charge in [-0.15, -0.1) is 0 Å². The Morgan fingerprint density at radius 2 is 1.94 bits per heavy atom. The fraction of sp³-hybridized carbons (Fsp3) is 0.381.